The molecule has 4 nitrogen and oxygen atoms in total. The Labute approximate surface area is 88.4 Å². The third-order valence-corrected chi connectivity index (χ3v) is 2.39. The first-order valence-corrected chi connectivity index (χ1v) is 4.39. The third-order valence-electron chi connectivity index (χ3n) is 1.39. The molecule has 3 unspecified atom stereocenters. The monoisotopic (exact) mass is 188 g/mol. The molecule has 3 atom stereocenters. The van der Waals surface area contributed by atoms with E-state index in [9.17, 15) is 9.46 Å². The molecule has 0 aliphatic carbocycles. The van der Waals surface area contributed by atoms with Gasteiger partial charge in [0.25, 0.3) is 0 Å². The van der Waals surface area contributed by atoms with E-state index < -0.39 is 13.6 Å². The van der Waals surface area contributed by atoms with Crippen molar-refractivity contribution in [2.75, 3.05) is 6.61 Å². The standard InChI is InChI=1S/C5H11O4P.Na/c1-4-3-8-5(2,9-4)10(6)7;/h4,10H,3H2,1-2H3,(H,6,7);/q;+1/p-1. The Hall–Kier alpha value is 1.11. The van der Waals surface area contributed by atoms with Crippen molar-refractivity contribution in [1.82, 2.24) is 0 Å². The summed E-state index contributed by atoms with van der Waals surface area (Å²) in [7, 11) is -2.99. The van der Waals surface area contributed by atoms with E-state index in [1.54, 1.807) is 6.92 Å². The van der Waals surface area contributed by atoms with E-state index in [0.29, 0.717) is 6.61 Å². The van der Waals surface area contributed by atoms with Crippen LogP contribution in [0.4, 0.5) is 0 Å². The van der Waals surface area contributed by atoms with E-state index in [2.05, 4.69) is 0 Å². The van der Waals surface area contributed by atoms with Gasteiger partial charge in [-0.1, -0.05) is 0 Å². The molecule has 0 aromatic heterocycles. The summed E-state index contributed by atoms with van der Waals surface area (Å²) in [6.07, 6.45) is -0.118. The predicted molar refractivity (Wildman–Crippen MR) is 33.9 cm³/mol. The SMILES string of the molecule is CC1COC(C)([PH](=O)[O-])O1.[Na+]. The van der Waals surface area contributed by atoms with Gasteiger partial charge in [-0.05, 0) is 13.8 Å². The molecule has 0 aromatic rings. The van der Waals surface area contributed by atoms with E-state index in [-0.39, 0.29) is 35.7 Å². The van der Waals surface area contributed by atoms with Crippen LogP contribution in [0, 0.1) is 0 Å². The quantitative estimate of drug-likeness (QED) is 0.324. The second kappa shape index (κ2) is 4.38. The summed E-state index contributed by atoms with van der Waals surface area (Å²) in [6.45, 7) is 3.55. The minimum absolute atomic E-state index is 0. The van der Waals surface area contributed by atoms with Gasteiger partial charge < -0.3 is 18.9 Å². The first kappa shape index (κ1) is 12.1. The number of ether oxygens (including phenoxy) is 2. The van der Waals surface area contributed by atoms with Gasteiger partial charge in [0.15, 0.2) is 0 Å². The Bertz CT molecular complexity index is 165. The maximum absolute atomic E-state index is 10.5. The molecule has 0 amide bonds. The first-order valence-electron chi connectivity index (χ1n) is 3.08. The van der Waals surface area contributed by atoms with Crippen LogP contribution < -0.4 is 34.5 Å². The zero-order valence-corrected chi connectivity index (χ0v) is 9.92. The van der Waals surface area contributed by atoms with E-state index in [1.807, 2.05) is 0 Å². The topological polar surface area (TPSA) is 58.6 Å². The molecule has 0 bridgehead atoms. The van der Waals surface area contributed by atoms with E-state index >= 15 is 0 Å². The third kappa shape index (κ3) is 2.81. The van der Waals surface area contributed by atoms with Gasteiger partial charge in [0.1, 0.15) is 0 Å². The van der Waals surface area contributed by atoms with Crippen LogP contribution in [0.15, 0.2) is 0 Å². The van der Waals surface area contributed by atoms with Crippen molar-refractivity contribution in [1.29, 1.82) is 0 Å². The summed E-state index contributed by atoms with van der Waals surface area (Å²) in [4.78, 5) is 10.5. The maximum atomic E-state index is 10.5. The fourth-order valence-electron chi connectivity index (χ4n) is 0.835. The second-order valence-corrected chi connectivity index (χ2v) is 3.96. The zero-order valence-electron chi connectivity index (χ0n) is 6.92. The van der Waals surface area contributed by atoms with Crippen LogP contribution in [-0.4, -0.2) is 18.2 Å². The molecule has 0 aromatic carbocycles. The Balaban J connectivity index is 0.000001000. The van der Waals surface area contributed by atoms with Crippen molar-refractivity contribution < 1.29 is 48.5 Å². The number of hydrogen-bond donors (Lipinski definition) is 0. The summed E-state index contributed by atoms with van der Waals surface area (Å²) < 4.78 is 20.4. The Morgan fingerprint density at radius 1 is 1.73 bits per heavy atom. The summed E-state index contributed by atoms with van der Waals surface area (Å²) in [5.74, 6) is 0. The molecule has 0 spiro atoms. The van der Waals surface area contributed by atoms with Gasteiger partial charge in [0.05, 0.1) is 20.7 Å². The average molecular weight is 188 g/mol. The smallest absolute Gasteiger partial charge is 0.798 e. The average Bonchev–Trinajstić information content (AvgIpc) is 2.13. The van der Waals surface area contributed by atoms with Crippen LogP contribution in [0.5, 0.6) is 0 Å². The number of hydrogen-bond acceptors (Lipinski definition) is 4. The summed E-state index contributed by atoms with van der Waals surface area (Å²) in [5.41, 5.74) is -1.34. The van der Waals surface area contributed by atoms with Crippen molar-refractivity contribution >= 4 is 8.03 Å². The molecule has 60 valence electrons. The van der Waals surface area contributed by atoms with Crippen LogP contribution >= 0.6 is 8.03 Å². The first-order chi connectivity index (χ1) is 4.54. The van der Waals surface area contributed by atoms with E-state index in [4.69, 9.17) is 9.47 Å². The molecule has 1 saturated heterocycles. The molecule has 0 N–H and O–H groups in total. The Morgan fingerprint density at radius 2 is 2.27 bits per heavy atom. The molecule has 1 heterocycles. The van der Waals surface area contributed by atoms with E-state index in [1.165, 1.54) is 6.92 Å². The normalized spacial score (nSPS) is 39.7. The molecule has 11 heavy (non-hydrogen) atoms. The van der Waals surface area contributed by atoms with Gasteiger partial charge in [-0.2, -0.15) is 0 Å². The number of rotatable bonds is 1. The van der Waals surface area contributed by atoms with Gasteiger partial charge in [-0.3, -0.25) is 0 Å². The van der Waals surface area contributed by atoms with Gasteiger partial charge in [-0.25, -0.2) is 0 Å². The van der Waals surface area contributed by atoms with Gasteiger partial charge in [0, 0.05) is 0 Å². The van der Waals surface area contributed by atoms with Crippen LogP contribution in [0.2, 0.25) is 0 Å². The predicted octanol–water partition coefficient (Wildman–Crippen LogP) is -3.07. The molecule has 1 rings (SSSR count). The summed E-state index contributed by atoms with van der Waals surface area (Å²) in [5, 5.41) is 0. The Kier molecular flexibility index (Phi) is 4.82. The molecular weight excluding hydrogens is 178 g/mol. The fraction of sp³-hybridized carbons (Fsp3) is 1.00. The molecule has 1 aliphatic heterocycles. The molecule has 1 fully saturated rings. The molecule has 6 heteroatoms. The van der Waals surface area contributed by atoms with Crippen LogP contribution in [-0.2, 0) is 14.0 Å². The van der Waals surface area contributed by atoms with Crippen LogP contribution in [0.3, 0.4) is 0 Å². The molecule has 1 aliphatic rings. The van der Waals surface area contributed by atoms with Crippen LogP contribution in [0.1, 0.15) is 13.8 Å². The van der Waals surface area contributed by atoms with E-state index in [0.717, 1.165) is 0 Å². The summed E-state index contributed by atoms with van der Waals surface area (Å²) >= 11 is 0. The second-order valence-electron chi connectivity index (χ2n) is 2.47. The Morgan fingerprint density at radius 3 is 2.45 bits per heavy atom. The summed E-state index contributed by atoms with van der Waals surface area (Å²) in [6, 6.07) is 0. The van der Waals surface area contributed by atoms with Crippen molar-refractivity contribution in [2.24, 2.45) is 0 Å². The van der Waals surface area contributed by atoms with Gasteiger partial charge >= 0.3 is 29.6 Å². The minimum Gasteiger partial charge on any atom is -0.798 e. The van der Waals surface area contributed by atoms with Gasteiger partial charge in [-0.15, -0.1) is 0 Å². The molecular formula is C5H10NaO4P. The molecule has 0 saturated carbocycles. The largest absolute Gasteiger partial charge is 1.00 e. The van der Waals surface area contributed by atoms with Crippen molar-refractivity contribution in [3.8, 4) is 0 Å². The van der Waals surface area contributed by atoms with Crippen molar-refractivity contribution in [3.63, 3.8) is 0 Å². The minimum atomic E-state index is -2.99. The van der Waals surface area contributed by atoms with Crippen molar-refractivity contribution in [2.45, 2.75) is 25.5 Å². The van der Waals surface area contributed by atoms with Crippen molar-refractivity contribution in [3.05, 3.63) is 0 Å². The maximum Gasteiger partial charge on any atom is 1.00 e. The fourth-order valence-corrected chi connectivity index (χ4v) is 1.33. The van der Waals surface area contributed by atoms with Gasteiger partial charge in [0.2, 0.25) is 5.53 Å². The zero-order chi connectivity index (χ0) is 7.78. The van der Waals surface area contributed by atoms with Crippen LogP contribution in [0.25, 0.3) is 0 Å². The molecule has 0 radical (unpaired) electrons.